The lowest BCUT2D eigenvalue weighted by Crippen LogP contribution is -2.43. The Morgan fingerprint density at radius 1 is 1.56 bits per heavy atom. The van der Waals surface area contributed by atoms with E-state index in [4.69, 9.17) is 14.9 Å². The van der Waals surface area contributed by atoms with Crippen LogP contribution in [0.5, 0.6) is 0 Å². The van der Waals surface area contributed by atoms with Gasteiger partial charge in [-0.2, -0.15) is 0 Å². The summed E-state index contributed by atoms with van der Waals surface area (Å²) in [6.45, 7) is 3.53. The van der Waals surface area contributed by atoms with Crippen LogP contribution in [-0.4, -0.2) is 24.9 Å². The summed E-state index contributed by atoms with van der Waals surface area (Å²) in [5, 5.41) is 10.4. The first-order chi connectivity index (χ1) is 7.68. The van der Waals surface area contributed by atoms with Crippen molar-refractivity contribution in [1.82, 2.24) is 0 Å². The Morgan fingerprint density at radius 3 is 2.88 bits per heavy atom. The van der Waals surface area contributed by atoms with Crippen LogP contribution in [0.15, 0.2) is 16.5 Å². The summed E-state index contributed by atoms with van der Waals surface area (Å²) in [6, 6.07) is 3.67. The molecule has 2 unspecified atom stereocenters. The van der Waals surface area contributed by atoms with E-state index < -0.39 is 6.10 Å². The second-order valence-corrected chi connectivity index (χ2v) is 4.57. The van der Waals surface area contributed by atoms with Crippen LogP contribution in [0.3, 0.4) is 0 Å². The molecule has 2 atom stereocenters. The van der Waals surface area contributed by atoms with Crippen LogP contribution in [0.25, 0.3) is 0 Å². The van der Waals surface area contributed by atoms with Gasteiger partial charge in [-0.25, -0.2) is 0 Å². The second kappa shape index (κ2) is 4.57. The van der Waals surface area contributed by atoms with Crippen molar-refractivity contribution in [1.29, 1.82) is 0 Å². The predicted octanol–water partition coefficient (Wildman–Crippen LogP) is 1.38. The number of aryl methyl sites for hydroxylation is 1. The number of nitrogens with two attached hydrogens (primary N) is 1. The van der Waals surface area contributed by atoms with E-state index in [1.807, 2.05) is 19.1 Å². The highest BCUT2D eigenvalue weighted by atomic mass is 16.5. The molecule has 0 aromatic carbocycles. The van der Waals surface area contributed by atoms with Gasteiger partial charge in [0.05, 0.1) is 6.61 Å². The van der Waals surface area contributed by atoms with Crippen LogP contribution in [0.4, 0.5) is 0 Å². The summed E-state index contributed by atoms with van der Waals surface area (Å²) in [5.41, 5.74) is 5.42. The monoisotopic (exact) mass is 225 g/mol. The Bertz CT molecular complexity index is 342. The lowest BCUT2D eigenvalue weighted by molar-refractivity contribution is -0.0853. The average molecular weight is 225 g/mol. The number of aliphatic hydroxyl groups excluding tert-OH is 1. The molecule has 2 heterocycles. The Balaban J connectivity index is 2.20. The standard InChI is InChI=1S/C12H19NO3/c1-9-3-4-10(16-9)11(14)12(7-13)5-2-6-15-8-12/h3-4,11,14H,2,5-8,13H2,1H3. The zero-order valence-corrected chi connectivity index (χ0v) is 9.61. The molecule has 3 N–H and O–H groups in total. The zero-order chi connectivity index (χ0) is 11.6. The molecule has 0 bridgehead atoms. The molecule has 1 fully saturated rings. The molecule has 1 saturated heterocycles. The van der Waals surface area contributed by atoms with Gasteiger partial charge in [-0.05, 0) is 31.9 Å². The first-order valence-electron chi connectivity index (χ1n) is 5.70. The van der Waals surface area contributed by atoms with Crippen LogP contribution < -0.4 is 5.73 Å². The first kappa shape index (κ1) is 11.6. The molecule has 1 aliphatic heterocycles. The number of aliphatic hydroxyl groups is 1. The summed E-state index contributed by atoms with van der Waals surface area (Å²) in [4.78, 5) is 0. The number of hydrogen-bond donors (Lipinski definition) is 2. The maximum atomic E-state index is 10.4. The van der Waals surface area contributed by atoms with Crippen molar-refractivity contribution in [2.45, 2.75) is 25.9 Å². The van der Waals surface area contributed by atoms with Crippen LogP contribution >= 0.6 is 0 Å². The van der Waals surface area contributed by atoms with Crippen molar-refractivity contribution in [2.24, 2.45) is 11.1 Å². The molecular formula is C12H19NO3. The quantitative estimate of drug-likeness (QED) is 0.815. The fourth-order valence-corrected chi connectivity index (χ4v) is 2.26. The van der Waals surface area contributed by atoms with E-state index in [0.717, 1.165) is 25.2 Å². The molecule has 0 spiro atoms. The van der Waals surface area contributed by atoms with Gasteiger partial charge in [-0.1, -0.05) is 0 Å². The average Bonchev–Trinajstić information content (AvgIpc) is 2.76. The van der Waals surface area contributed by atoms with Gasteiger partial charge in [0.25, 0.3) is 0 Å². The molecular weight excluding hydrogens is 206 g/mol. The SMILES string of the molecule is Cc1ccc(C(O)C2(CN)CCCOC2)o1. The number of furan rings is 1. The number of ether oxygens (including phenoxy) is 1. The van der Waals surface area contributed by atoms with E-state index >= 15 is 0 Å². The maximum absolute atomic E-state index is 10.4. The highest BCUT2D eigenvalue weighted by Gasteiger charge is 2.41. The van der Waals surface area contributed by atoms with Gasteiger partial charge >= 0.3 is 0 Å². The van der Waals surface area contributed by atoms with E-state index in [1.54, 1.807) is 0 Å². The third-order valence-electron chi connectivity index (χ3n) is 3.37. The summed E-state index contributed by atoms with van der Waals surface area (Å²) in [7, 11) is 0. The molecule has 90 valence electrons. The van der Waals surface area contributed by atoms with E-state index in [2.05, 4.69) is 0 Å². The highest BCUT2D eigenvalue weighted by molar-refractivity contribution is 5.12. The molecule has 1 aromatic heterocycles. The largest absolute Gasteiger partial charge is 0.464 e. The minimum absolute atomic E-state index is 0.386. The second-order valence-electron chi connectivity index (χ2n) is 4.57. The summed E-state index contributed by atoms with van der Waals surface area (Å²) >= 11 is 0. The van der Waals surface area contributed by atoms with E-state index in [0.29, 0.717) is 18.9 Å². The fraction of sp³-hybridized carbons (Fsp3) is 0.667. The van der Waals surface area contributed by atoms with Gasteiger partial charge in [0.2, 0.25) is 0 Å². The third kappa shape index (κ3) is 2.00. The minimum Gasteiger partial charge on any atom is -0.464 e. The van der Waals surface area contributed by atoms with Crippen LogP contribution in [0.1, 0.15) is 30.5 Å². The van der Waals surface area contributed by atoms with Crippen molar-refractivity contribution >= 4 is 0 Å². The molecule has 0 amide bonds. The minimum atomic E-state index is -0.675. The van der Waals surface area contributed by atoms with Crippen molar-refractivity contribution in [3.05, 3.63) is 23.7 Å². The lowest BCUT2D eigenvalue weighted by Gasteiger charge is -2.38. The van der Waals surface area contributed by atoms with Gasteiger partial charge in [-0.15, -0.1) is 0 Å². The smallest absolute Gasteiger partial charge is 0.133 e. The van der Waals surface area contributed by atoms with Crippen molar-refractivity contribution < 1.29 is 14.3 Å². The van der Waals surface area contributed by atoms with Crippen molar-refractivity contribution in [3.8, 4) is 0 Å². The Labute approximate surface area is 95.4 Å². The zero-order valence-electron chi connectivity index (χ0n) is 9.61. The van der Waals surface area contributed by atoms with Gasteiger partial charge < -0.3 is 20.0 Å². The molecule has 1 aliphatic rings. The van der Waals surface area contributed by atoms with E-state index in [-0.39, 0.29) is 5.41 Å². The number of rotatable bonds is 3. The van der Waals surface area contributed by atoms with Gasteiger partial charge in [-0.3, -0.25) is 0 Å². The summed E-state index contributed by atoms with van der Waals surface area (Å²) in [5.74, 6) is 1.39. The molecule has 4 nitrogen and oxygen atoms in total. The third-order valence-corrected chi connectivity index (χ3v) is 3.37. The molecule has 1 aromatic rings. The Kier molecular flexibility index (Phi) is 3.33. The van der Waals surface area contributed by atoms with Crippen LogP contribution in [-0.2, 0) is 4.74 Å². The molecule has 2 rings (SSSR count). The van der Waals surface area contributed by atoms with Gasteiger partial charge in [0.15, 0.2) is 0 Å². The topological polar surface area (TPSA) is 68.6 Å². The van der Waals surface area contributed by atoms with E-state index in [9.17, 15) is 5.11 Å². The number of hydrogen-bond acceptors (Lipinski definition) is 4. The highest BCUT2D eigenvalue weighted by Crippen LogP contribution is 2.40. The predicted molar refractivity (Wildman–Crippen MR) is 59.9 cm³/mol. The van der Waals surface area contributed by atoms with Crippen molar-refractivity contribution in [3.63, 3.8) is 0 Å². The molecule has 16 heavy (non-hydrogen) atoms. The van der Waals surface area contributed by atoms with Crippen LogP contribution in [0, 0.1) is 12.3 Å². The first-order valence-corrected chi connectivity index (χ1v) is 5.70. The maximum Gasteiger partial charge on any atom is 0.133 e. The molecule has 0 saturated carbocycles. The summed E-state index contributed by atoms with van der Waals surface area (Å²) in [6.07, 6.45) is 1.14. The van der Waals surface area contributed by atoms with E-state index in [1.165, 1.54) is 0 Å². The Morgan fingerprint density at radius 2 is 2.38 bits per heavy atom. The molecule has 0 aliphatic carbocycles. The summed E-state index contributed by atoms with van der Waals surface area (Å²) < 4.78 is 10.9. The fourth-order valence-electron chi connectivity index (χ4n) is 2.26. The normalized spacial score (nSPS) is 27.9. The van der Waals surface area contributed by atoms with Gasteiger partial charge in [0.1, 0.15) is 17.6 Å². The molecule has 0 radical (unpaired) electrons. The van der Waals surface area contributed by atoms with Crippen LogP contribution in [0.2, 0.25) is 0 Å². The van der Waals surface area contributed by atoms with Crippen molar-refractivity contribution in [2.75, 3.05) is 19.8 Å². The lowest BCUT2D eigenvalue weighted by atomic mass is 9.76. The van der Waals surface area contributed by atoms with Gasteiger partial charge in [0, 0.05) is 18.6 Å². The molecule has 4 heteroatoms. The Hall–Kier alpha value is -0.840.